The van der Waals surface area contributed by atoms with Crippen LogP contribution in [0.2, 0.25) is 5.02 Å². The SMILES string of the molecule is COC(=O)C(C)(O)CNCc1ccc(Cl)cc1. The first-order chi connectivity index (χ1) is 7.95. The van der Waals surface area contributed by atoms with Crippen molar-refractivity contribution in [1.82, 2.24) is 5.32 Å². The number of esters is 1. The van der Waals surface area contributed by atoms with Gasteiger partial charge in [0.15, 0.2) is 5.60 Å². The van der Waals surface area contributed by atoms with Gasteiger partial charge in [0.05, 0.1) is 7.11 Å². The Morgan fingerprint density at radius 2 is 2.06 bits per heavy atom. The zero-order chi connectivity index (χ0) is 12.9. The zero-order valence-corrected chi connectivity index (χ0v) is 10.6. The molecule has 0 aliphatic carbocycles. The van der Waals surface area contributed by atoms with Gasteiger partial charge in [-0.1, -0.05) is 23.7 Å². The summed E-state index contributed by atoms with van der Waals surface area (Å²) in [6, 6.07) is 7.33. The van der Waals surface area contributed by atoms with Crippen molar-refractivity contribution in [2.45, 2.75) is 19.1 Å². The van der Waals surface area contributed by atoms with Gasteiger partial charge in [-0.3, -0.25) is 0 Å². The van der Waals surface area contributed by atoms with Crippen LogP contribution < -0.4 is 5.32 Å². The predicted molar refractivity (Wildman–Crippen MR) is 65.8 cm³/mol. The minimum Gasteiger partial charge on any atom is -0.467 e. The number of nitrogens with one attached hydrogen (secondary N) is 1. The molecule has 0 heterocycles. The molecule has 1 rings (SSSR count). The molecule has 0 aliphatic rings. The molecular weight excluding hydrogens is 242 g/mol. The number of benzene rings is 1. The first kappa shape index (κ1) is 14.0. The van der Waals surface area contributed by atoms with Crippen LogP contribution in [-0.2, 0) is 16.1 Å². The second-order valence-corrected chi connectivity index (χ2v) is 4.43. The van der Waals surface area contributed by atoms with E-state index in [1.54, 1.807) is 12.1 Å². The number of carbonyl (C=O) groups excluding carboxylic acids is 1. The second-order valence-electron chi connectivity index (χ2n) is 4.00. The molecule has 2 N–H and O–H groups in total. The normalized spacial score (nSPS) is 14.1. The smallest absolute Gasteiger partial charge is 0.338 e. The Kier molecular flexibility index (Phi) is 4.93. The van der Waals surface area contributed by atoms with Gasteiger partial charge in [0, 0.05) is 18.1 Å². The summed E-state index contributed by atoms with van der Waals surface area (Å²) in [6.45, 7) is 2.08. The fourth-order valence-electron chi connectivity index (χ4n) is 1.34. The highest BCUT2D eigenvalue weighted by molar-refractivity contribution is 6.30. The average molecular weight is 258 g/mol. The van der Waals surface area contributed by atoms with Gasteiger partial charge in [0.1, 0.15) is 0 Å². The maximum atomic E-state index is 11.2. The molecule has 0 spiro atoms. The van der Waals surface area contributed by atoms with Crippen LogP contribution in [0, 0.1) is 0 Å². The lowest BCUT2D eigenvalue weighted by Crippen LogP contribution is -2.45. The number of rotatable bonds is 5. The summed E-state index contributed by atoms with van der Waals surface area (Å²) in [5, 5.41) is 13.4. The molecule has 0 aromatic heterocycles. The van der Waals surface area contributed by atoms with Crippen LogP contribution in [-0.4, -0.2) is 30.3 Å². The molecule has 0 saturated heterocycles. The van der Waals surface area contributed by atoms with E-state index in [0.29, 0.717) is 11.6 Å². The molecule has 0 radical (unpaired) electrons. The van der Waals surface area contributed by atoms with Gasteiger partial charge in [-0.05, 0) is 24.6 Å². The van der Waals surface area contributed by atoms with Crippen LogP contribution in [0.25, 0.3) is 0 Å². The molecule has 94 valence electrons. The van der Waals surface area contributed by atoms with E-state index in [9.17, 15) is 9.90 Å². The van der Waals surface area contributed by atoms with Gasteiger partial charge < -0.3 is 15.2 Å². The van der Waals surface area contributed by atoms with Crippen molar-refractivity contribution in [3.05, 3.63) is 34.9 Å². The van der Waals surface area contributed by atoms with Crippen LogP contribution >= 0.6 is 11.6 Å². The molecule has 0 saturated carbocycles. The van der Waals surface area contributed by atoms with E-state index in [4.69, 9.17) is 11.6 Å². The Balaban J connectivity index is 2.42. The highest BCUT2D eigenvalue weighted by Gasteiger charge is 2.30. The Morgan fingerprint density at radius 3 is 2.59 bits per heavy atom. The molecule has 1 unspecified atom stereocenters. The van der Waals surface area contributed by atoms with Gasteiger partial charge in [0.25, 0.3) is 0 Å². The predicted octanol–water partition coefficient (Wildman–Crippen LogP) is 1.35. The van der Waals surface area contributed by atoms with E-state index in [2.05, 4.69) is 10.1 Å². The second kappa shape index (κ2) is 6.00. The molecule has 5 heteroatoms. The van der Waals surface area contributed by atoms with Gasteiger partial charge in [-0.2, -0.15) is 0 Å². The number of hydrogen-bond donors (Lipinski definition) is 2. The highest BCUT2D eigenvalue weighted by atomic mass is 35.5. The maximum Gasteiger partial charge on any atom is 0.338 e. The standard InChI is InChI=1S/C12H16ClNO3/c1-12(16,11(15)17-2)8-14-7-9-3-5-10(13)6-4-9/h3-6,14,16H,7-8H2,1-2H3. The topological polar surface area (TPSA) is 58.6 Å². The molecule has 0 bridgehead atoms. The van der Waals surface area contributed by atoms with E-state index in [1.165, 1.54) is 14.0 Å². The van der Waals surface area contributed by atoms with Gasteiger partial charge in [0.2, 0.25) is 0 Å². The summed E-state index contributed by atoms with van der Waals surface area (Å²) in [5.41, 5.74) is -0.490. The van der Waals surface area contributed by atoms with Crippen LogP contribution in [0.5, 0.6) is 0 Å². The first-order valence-electron chi connectivity index (χ1n) is 5.21. The lowest BCUT2D eigenvalue weighted by atomic mass is 10.1. The van der Waals surface area contributed by atoms with Gasteiger partial charge >= 0.3 is 5.97 Å². The number of hydrogen-bond acceptors (Lipinski definition) is 4. The fraction of sp³-hybridized carbons (Fsp3) is 0.417. The minimum atomic E-state index is -1.51. The minimum absolute atomic E-state index is 0.127. The van der Waals surface area contributed by atoms with Crippen LogP contribution in [0.3, 0.4) is 0 Å². The third-order valence-corrected chi connectivity index (χ3v) is 2.59. The third-order valence-electron chi connectivity index (χ3n) is 2.34. The fourth-order valence-corrected chi connectivity index (χ4v) is 1.47. The lowest BCUT2D eigenvalue weighted by molar-refractivity contribution is -0.159. The van der Waals surface area contributed by atoms with Crippen molar-refractivity contribution in [2.24, 2.45) is 0 Å². The number of methoxy groups -OCH3 is 1. The summed E-state index contributed by atoms with van der Waals surface area (Å²) in [7, 11) is 1.25. The molecule has 17 heavy (non-hydrogen) atoms. The largest absolute Gasteiger partial charge is 0.467 e. The quantitative estimate of drug-likeness (QED) is 0.782. The third kappa shape index (κ3) is 4.34. The van der Waals surface area contributed by atoms with Crippen molar-refractivity contribution in [2.75, 3.05) is 13.7 Å². The van der Waals surface area contributed by atoms with Crippen molar-refractivity contribution in [1.29, 1.82) is 0 Å². The molecule has 0 amide bonds. The summed E-state index contributed by atoms with van der Waals surface area (Å²) in [4.78, 5) is 11.2. The van der Waals surface area contributed by atoms with E-state index in [1.807, 2.05) is 12.1 Å². The molecular formula is C12H16ClNO3. The average Bonchev–Trinajstić information content (AvgIpc) is 2.30. The van der Waals surface area contributed by atoms with Crippen molar-refractivity contribution < 1.29 is 14.6 Å². The number of aliphatic hydroxyl groups is 1. The van der Waals surface area contributed by atoms with E-state index in [-0.39, 0.29) is 6.54 Å². The van der Waals surface area contributed by atoms with Crippen molar-refractivity contribution in [3.8, 4) is 0 Å². The van der Waals surface area contributed by atoms with E-state index < -0.39 is 11.6 Å². The Bertz CT molecular complexity index is 376. The highest BCUT2D eigenvalue weighted by Crippen LogP contribution is 2.10. The number of carbonyl (C=O) groups is 1. The Morgan fingerprint density at radius 1 is 1.47 bits per heavy atom. The molecule has 0 aliphatic heterocycles. The first-order valence-corrected chi connectivity index (χ1v) is 5.59. The zero-order valence-electron chi connectivity index (χ0n) is 9.87. The van der Waals surface area contributed by atoms with Crippen molar-refractivity contribution >= 4 is 17.6 Å². The summed E-state index contributed by atoms with van der Waals surface area (Å²) < 4.78 is 4.49. The van der Waals surface area contributed by atoms with Crippen LogP contribution in [0.1, 0.15) is 12.5 Å². The van der Waals surface area contributed by atoms with E-state index in [0.717, 1.165) is 5.56 Å². The van der Waals surface area contributed by atoms with Crippen LogP contribution in [0.4, 0.5) is 0 Å². The molecule has 1 aromatic rings. The Labute approximate surface area is 106 Å². The van der Waals surface area contributed by atoms with Crippen molar-refractivity contribution in [3.63, 3.8) is 0 Å². The number of halogens is 1. The summed E-state index contributed by atoms with van der Waals surface area (Å²) >= 11 is 5.76. The molecule has 4 nitrogen and oxygen atoms in total. The summed E-state index contributed by atoms with van der Waals surface area (Å²) in [5.74, 6) is -0.652. The lowest BCUT2D eigenvalue weighted by Gasteiger charge is -2.20. The monoisotopic (exact) mass is 257 g/mol. The molecule has 1 aromatic carbocycles. The molecule has 0 fully saturated rings. The summed E-state index contributed by atoms with van der Waals surface area (Å²) in [6.07, 6.45) is 0. The van der Waals surface area contributed by atoms with Crippen LogP contribution in [0.15, 0.2) is 24.3 Å². The molecule has 1 atom stereocenters. The Hall–Kier alpha value is -1.10. The number of ether oxygens (including phenoxy) is 1. The van der Waals surface area contributed by atoms with E-state index >= 15 is 0 Å². The maximum absolute atomic E-state index is 11.2. The van der Waals surface area contributed by atoms with Gasteiger partial charge in [-0.25, -0.2) is 4.79 Å². The van der Waals surface area contributed by atoms with Gasteiger partial charge in [-0.15, -0.1) is 0 Å².